The minimum Gasteiger partial charge on any atom is -0.505 e. The van der Waals surface area contributed by atoms with Gasteiger partial charge in [-0.15, -0.1) is 5.46 Å². The van der Waals surface area contributed by atoms with E-state index in [0.717, 1.165) is 0 Å². The Hall–Kier alpha value is -2.47. The van der Waals surface area contributed by atoms with Crippen molar-refractivity contribution in [2.24, 2.45) is 0 Å². The number of aromatic hydroxyl groups is 1. The largest absolute Gasteiger partial charge is 0.505 e. The molecule has 4 radical (unpaired) electrons. The average Bonchev–Trinajstić information content (AvgIpc) is 2.49. The number of aliphatic carboxylic acids is 1. The first-order valence-corrected chi connectivity index (χ1v) is 6.71. The minimum absolute atomic E-state index is 0.247. The number of halogens is 1. The molecule has 6 nitrogen and oxygen atoms in total. The standard InChI is InChI=1S/C14H9B2ClN2O4/c15-8-1-6(2-9(17)12(8)16)7-3-10(20)13(18-4-7)14(23)19-5-11(21)22/h1-4,20H,5H2,(H,19,23)(H,21,22). The summed E-state index contributed by atoms with van der Waals surface area (Å²) in [4.78, 5) is 26.0. The number of carboxylic acid groups (broad SMARTS) is 1. The van der Waals surface area contributed by atoms with Gasteiger partial charge in [-0.2, -0.15) is 0 Å². The molecule has 0 bridgehead atoms. The van der Waals surface area contributed by atoms with Crippen LogP contribution in [0.5, 0.6) is 5.75 Å². The fraction of sp³-hybridized carbons (Fsp3) is 0.0714. The number of rotatable bonds is 4. The summed E-state index contributed by atoms with van der Waals surface area (Å²) in [5.74, 6) is -2.41. The fourth-order valence-corrected chi connectivity index (χ4v) is 2.06. The first kappa shape index (κ1) is 16.9. The topological polar surface area (TPSA) is 99.5 Å². The highest BCUT2D eigenvalue weighted by molar-refractivity contribution is 6.54. The molecule has 0 saturated carbocycles. The van der Waals surface area contributed by atoms with Crippen LogP contribution >= 0.6 is 11.6 Å². The number of hydrogen-bond donors (Lipinski definition) is 3. The first-order chi connectivity index (χ1) is 10.8. The van der Waals surface area contributed by atoms with Crippen molar-refractivity contribution >= 4 is 50.1 Å². The van der Waals surface area contributed by atoms with E-state index in [1.165, 1.54) is 12.3 Å². The van der Waals surface area contributed by atoms with Crippen LogP contribution in [0.25, 0.3) is 11.1 Å². The van der Waals surface area contributed by atoms with Crippen LogP contribution in [0.2, 0.25) is 5.02 Å². The molecule has 0 atom stereocenters. The molecule has 0 spiro atoms. The molecule has 3 N–H and O–H groups in total. The molecule has 23 heavy (non-hydrogen) atoms. The van der Waals surface area contributed by atoms with Crippen LogP contribution in [0.4, 0.5) is 0 Å². The molecule has 0 aliphatic heterocycles. The van der Waals surface area contributed by atoms with Gasteiger partial charge in [0.05, 0.1) is 0 Å². The molecule has 1 amide bonds. The van der Waals surface area contributed by atoms with Crippen molar-refractivity contribution in [3.05, 3.63) is 35.1 Å². The monoisotopic (exact) mass is 326 g/mol. The van der Waals surface area contributed by atoms with Gasteiger partial charge in [-0.1, -0.05) is 23.1 Å². The summed E-state index contributed by atoms with van der Waals surface area (Å²) in [6.45, 7) is -0.578. The third-order valence-corrected chi connectivity index (χ3v) is 3.29. The lowest BCUT2D eigenvalue weighted by atomic mass is 9.79. The van der Waals surface area contributed by atoms with Gasteiger partial charge in [0.15, 0.2) is 5.69 Å². The molecule has 2 rings (SSSR count). The molecular formula is C14H9B2ClN2O4. The van der Waals surface area contributed by atoms with Crippen molar-refractivity contribution < 1.29 is 19.8 Å². The molecule has 112 valence electrons. The van der Waals surface area contributed by atoms with E-state index in [1.807, 2.05) is 0 Å². The van der Waals surface area contributed by atoms with Crippen molar-refractivity contribution in [1.29, 1.82) is 0 Å². The third-order valence-electron chi connectivity index (χ3n) is 2.98. The quantitative estimate of drug-likeness (QED) is 0.659. The highest BCUT2D eigenvalue weighted by Crippen LogP contribution is 2.25. The van der Waals surface area contributed by atoms with Gasteiger partial charge in [0, 0.05) is 16.8 Å². The normalized spacial score (nSPS) is 10.3. The summed E-state index contributed by atoms with van der Waals surface area (Å²) in [5, 5.41) is 20.8. The van der Waals surface area contributed by atoms with E-state index in [-0.39, 0.29) is 21.6 Å². The Labute approximate surface area is 139 Å². The van der Waals surface area contributed by atoms with Gasteiger partial charge in [-0.25, -0.2) is 4.98 Å². The summed E-state index contributed by atoms with van der Waals surface area (Å²) in [6, 6.07) is 4.40. The maximum Gasteiger partial charge on any atom is 0.322 e. The Bertz CT molecular complexity index is 775. The van der Waals surface area contributed by atoms with Gasteiger partial charge in [0.25, 0.3) is 5.91 Å². The van der Waals surface area contributed by atoms with Crippen molar-refractivity contribution in [2.45, 2.75) is 0 Å². The molecule has 0 aliphatic carbocycles. The minimum atomic E-state index is -1.21. The number of pyridine rings is 1. The Kier molecular flexibility index (Phi) is 4.95. The molecular weight excluding hydrogens is 317 g/mol. The maximum absolute atomic E-state index is 11.7. The molecule has 1 aromatic heterocycles. The zero-order valence-corrected chi connectivity index (χ0v) is 12.5. The third kappa shape index (κ3) is 3.84. The summed E-state index contributed by atoms with van der Waals surface area (Å²) in [7, 11) is 11.4. The molecule has 0 fully saturated rings. The second-order valence-electron chi connectivity index (χ2n) is 4.63. The zero-order valence-electron chi connectivity index (χ0n) is 11.7. The van der Waals surface area contributed by atoms with Crippen LogP contribution in [0, 0.1) is 0 Å². The second-order valence-corrected chi connectivity index (χ2v) is 5.04. The van der Waals surface area contributed by atoms with E-state index in [9.17, 15) is 14.7 Å². The summed E-state index contributed by atoms with van der Waals surface area (Å²) < 4.78 is 0. The van der Waals surface area contributed by atoms with E-state index in [0.29, 0.717) is 11.1 Å². The van der Waals surface area contributed by atoms with Crippen LogP contribution in [0.3, 0.4) is 0 Å². The SMILES string of the molecule is [B]c1cc(-c2cnc(C(=O)NCC(=O)O)c(O)c2)cc(Cl)c1[B]. The lowest BCUT2D eigenvalue weighted by molar-refractivity contribution is -0.135. The summed E-state index contributed by atoms with van der Waals surface area (Å²) >= 11 is 5.95. The Morgan fingerprint density at radius 1 is 1.22 bits per heavy atom. The van der Waals surface area contributed by atoms with Gasteiger partial charge in [0.2, 0.25) is 0 Å². The van der Waals surface area contributed by atoms with Gasteiger partial charge in [-0.3, -0.25) is 9.59 Å². The average molecular weight is 326 g/mol. The van der Waals surface area contributed by atoms with Crippen LogP contribution in [-0.4, -0.2) is 49.3 Å². The maximum atomic E-state index is 11.7. The number of carboxylic acids is 1. The van der Waals surface area contributed by atoms with E-state index in [4.69, 9.17) is 32.4 Å². The number of amides is 1. The zero-order chi connectivity index (χ0) is 17.1. The summed E-state index contributed by atoms with van der Waals surface area (Å²) in [5.41, 5.74) is 1.25. The number of benzene rings is 1. The number of aromatic nitrogens is 1. The Morgan fingerprint density at radius 2 is 1.91 bits per heavy atom. The molecule has 2 aromatic rings. The second kappa shape index (κ2) is 6.75. The Morgan fingerprint density at radius 3 is 2.48 bits per heavy atom. The van der Waals surface area contributed by atoms with Crippen molar-refractivity contribution in [3.63, 3.8) is 0 Å². The van der Waals surface area contributed by atoms with E-state index in [1.54, 1.807) is 12.1 Å². The van der Waals surface area contributed by atoms with Crippen LogP contribution in [-0.2, 0) is 4.79 Å². The fourth-order valence-electron chi connectivity index (χ4n) is 1.83. The molecule has 1 aromatic carbocycles. The van der Waals surface area contributed by atoms with Gasteiger partial charge in [-0.05, 0) is 17.7 Å². The van der Waals surface area contributed by atoms with E-state index < -0.39 is 24.2 Å². The predicted molar refractivity (Wildman–Crippen MR) is 87.1 cm³/mol. The molecule has 0 saturated heterocycles. The van der Waals surface area contributed by atoms with Crippen molar-refractivity contribution in [3.8, 4) is 16.9 Å². The number of carbonyl (C=O) groups is 2. The van der Waals surface area contributed by atoms with Gasteiger partial charge >= 0.3 is 5.97 Å². The van der Waals surface area contributed by atoms with Crippen LogP contribution in [0.15, 0.2) is 24.4 Å². The highest BCUT2D eigenvalue weighted by atomic mass is 35.5. The Balaban J connectivity index is 2.32. The van der Waals surface area contributed by atoms with Crippen molar-refractivity contribution in [2.75, 3.05) is 6.54 Å². The number of hydrogen-bond acceptors (Lipinski definition) is 4. The van der Waals surface area contributed by atoms with Gasteiger partial charge in [0.1, 0.15) is 28.0 Å². The van der Waals surface area contributed by atoms with Crippen LogP contribution < -0.4 is 16.2 Å². The first-order valence-electron chi connectivity index (χ1n) is 6.33. The van der Waals surface area contributed by atoms with Gasteiger partial charge < -0.3 is 15.5 Å². The lowest BCUT2D eigenvalue weighted by Gasteiger charge is -2.10. The lowest BCUT2D eigenvalue weighted by Crippen LogP contribution is -2.29. The van der Waals surface area contributed by atoms with Crippen LogP contribution in [0.1, 0.15) is 10.5 Å². The smallest absolute Gasteiger partial charge is 0.322 e. The number of carbonyl (C=O) groups excluding carboxylic acids is 1. The number of nitrogens with one attached hydrogen (secondary N) is 1. The highest BCUT2D eigenvalue weighted by Gasteiger charge is 2.15. The van der Waals surface area contributed by atoms with Crippen molar-refractivity contribution in [1.82, 2.24) is 10.3 Å². The molecule has 0 unspecified atom stereocenters. The van der Waals surface area contributed by atoms with E-state index >= 15 is 0 Å². The molecule has 9 heteroatoms. The molecule has 0 aliphatic rings. The molecule has 1 heterocycles. The summed E-state index contributed by atoms with van der Waals surface area (Å²) in [6.07, 6.45) is 1.33. The van der Waals surface area contributed by atoms with E-state index in [2.05, 4.69) is 10.3 Å². The number of nitrogens with zero attached hydrogens (tertiary/aromatic N) is 1. The predicted octanol–water partition coefficient (Wildman–Crippen LogP) is -0.490.